The summed E-state index contributed by atoms with van der Waals surface area (Å²) in [6.45, 7) is 2.44. The number of para-hydroxylation sites is 1. The van der Waals surface area contributed by atoms with Crippen molar-refractivity contribution in [2.24, 2.45) is 0 Å². The topological polar surface area (TPSA) is 107 Å². The average Bonchev–Trinajstić information content (AvgIpc) is 2.95. The van der Waals surface area contributed by atoms with Crippen molar-refractivity contribution in [3.05, 3.63) is 35.9 Å². The lowest BCUT2D eigenvalue weighted by atomic mass is 10.3. The van der Waals surface area contributed by atoms with Crippen LogP contribution in [0.5, 0.6) is 0 Å². The molecule has 2 rings (SSSR count). The lowest BCUT2D eigenvalue weighted by Crippen LogP contribution is -2.20. The molecule has 10 heteroatoms. The number of carbonyl (C=O) groups excluding carboxylic acids is 1. The van der Waals surface area contributed by atoms with Gasteiger partial charge >= 0.3 is 0 Å². The van der Waals surface area contributed by atoms with E-state index in [1.54, 1.807) is 6.07 Å². The maximum absolute atomic E-state index is 13.4. The Morgan fingerprint density at radius 1 is 1.33 bits per heavy atom. The normalized spacial score (nSPS) is 11.4. The van der Waals surface area contributed by atoms with Crippen LogP contribution in [-0.2, 0) is 26.9 Å². The molecule has 24 heavy (non-hydrogen) atoms. The number of amides is 1. The van der Waals surface area contributed by atoms with Crippen molar-refractivity contribution in [3.63, 3.8) is 0 Å². The molecular weight excluding hydrogens is 337 g/mol. The molecule has 1 N–H and O–H groups in total. The van der Waals surface area contributed by atoms with Crippen molar-refractivity contribution in [1.82, 2.24) is 20.2 Å². The van der Waals surface area contributed by atoms with Gasteiger partial charge in [-0.15, -0.1) is 5.10 Å². The Hall–Kier alpha value is -2.36. The summed E-state index contributed by atoms with van der Waals surface area (Å²) in [5, 5.41) is 13.2. The highest BCUT2D eigenvalue weighted by molar-refractivity contribution is 7.90. The standard InChI is InChI=1S/C14H18FN5O3S/c1-2-8-20-13(17-18-19-20)10-24(22,23)9-7-14(21)16-12-6-4-3-5-11(12)15/h3-6H,2,7-10H2,1H3,(H,16,21). The van der Waals surface area contributed by atoms with Crippen LogP contribution in [0.2, 0.25) is 0 Å². The minimum atomic E-state index is -3.56. The van der Waals surface area contributed by atoms with Crippen LogP contribution < -0.4 is 5.32 Å². The van der Waals surface area contributed by atoms with Gasteiger partial charge in [0.15, 0.2) is 15.7 Å². The number of anilines is 1. The smallest absolute Gasteiger partial charge is 0.225 e. The summed E-state index contributed by atoms with van der Waals surface area (Å²) >= 11 is 0. The monoisotopic (exact) mass is 355 g/mol. The van der Waals surface area contributed by atoms with Gasteiger partial charge in [0, 0.05) is 13.0 Å². The number of tetrazole rings is 1. The van der Waals surface area contributed by atoms with Crippen molar-refractivity contribution in [2.75, 3.05) is 11.1 Å². The van der Waals surface area contributed by atoms with Gasteiger partial charge < -0.3 is 5.32 Å². The summed E-state index contributed by atoms with van der Waals surface area (Å²) in [6, 6.07) is 5.68. The Kier molecular flexibility index (Phi) is 5.96. The van der Waals surface area contributed by atoms with Crippen LogP contribution in [-0.4, -0.2) is 40.3 Å². The zero-order chi connectivity index (χ0) is 17.6. The number of sulfone groups is 1. The van der Waals surface area contributed by atoms with Crippen LogP contribution in [0, 0.1) is 5.82 Å². The second kappa shape index (κ2) is 7.95. The highest BCUT2D eigenvalue weighted by Gasteiger charge is 2.19. The summed E-state index contributed by atoms with van der Waals surface area (Å²) in [6.07, 6.45) is 0.495. The predicted octanol–water partition coefficient (Wildman–Crippen LogP) is 1.17. The van der Waals surface area contributed by atoms with Crippen molar-refractivity contribution in [1.29, 1.82) is 0 Å². The van der Waals surface area contributed by atoms with Gasteiger partial charge in [0.25, 0.3) is 0 Å². The second-order valence-corrected chi connectivity index (χ2v) is 7.37. The summed E-state index contributed by atoms with van der Waals surface area (Å²) in [5.74, 6) is -1.62. The van der Waals surface area contributed by atoms with Gasteiger partial charge in [-0.1, -0.05) is 19.1 Å². The molecule has 1 aromatic heterocycles. The first-order chi connectivity index (χ1) is 11.4. The van der Waals surface area contributed by atoms with Crippen LogP contribution in [0.25, 0.3) is 0 Å². The molecule has 0 bridgehead atoms. The van der Waals surface area contributed by atoms with Gasteiger partial charge in [0.2, 0.25) is 5.91 Å². The minimum Gasteiger partial charge on any atom is -0.324 e. The molecule has 0 unspecified atom stereocenters. The van der Waals surface area contributed by atoms with Crippen LogP contribution in [0.1, 0.15) is 25.6 Å². The number of hydrogen-bond acceptors (Lipinski definition) is 6. The Balaban J connectivity index is 1.91. The van der Waals surface area contributed by atoms with E-state index < -0.39 is 21.6 Å². The summed E-state index contributed by atoms with van der Waals surface area (Å²) in [5.41, 5.74) is 0.0202. The lowest BCUT2D eigenvalue weighted by molar-refractivity contribution is -0.115. The summed E-state index contributed by atoms with van der Waals surface area (Å²) in [4.78, 5) is 11.8. The minimum absolute atomic E-state index is 0.0202. The molecule has 0 aliphatic rings. The Morgan fingerprint density at radius 3 is 2.79 bits per heavy atom. The third-order valence-corrected chi connectivity index (χ3v) is 4.70. The quantitative estimate of drug-likeness (QED) is 0.762. The van der Waals surface area contributed by atoms with E-state index in [2.05, 4.69) is 20.8 Å². The molecule has 0 radical (unpaired) electrons. The van der Waals surface area contributed by atoms with Crippen molar-refractivity contribution in [3.8, 4) is 0 Å². The van der Waals surface area contributed by atoms with E-state index in [1.807, 2.05) is 6.92 Å². The zero-order valence-electron chi connectivity index (χ0n) is 13.1. The van der Waals surface area contributed by atoms with Crippen LogP contribution in [0.15, 0.2) is 24.3 Å². The van der Waals surface area contributed by atoms with Crippen LogP contribution in [0.4, 0.5) is 10.1 Å². The fourth-order valence-electron chi connectivity index (χ4n) is 2.00. The summed E-state index contributed by atoms with van der Waals surface area (Å²) in [7, 11) is -3.56. The van der Waals surface area contributed by atoms with Crippen molar-refractivity contribution in [2.45, 2.75) is 32.1 Å². The first-order valence-corrected chi connectivity index (χ1v) is 9.23. The molecule has 0 aliphatic carbocycles. The molecule has 8 nitrogen and oxygen atoms in total. The van der Waals surface area contributed by atoms with Gasteiger partial charge in [-0.3, -0.25) is 4.79 Å². The van der Waals surface area contributed by atoms with E-state index in [0.717, 1.165) is 6.42 Å². The molecule has 0 saturated carbocycles. The van der Waals surface area contributed by atoms with Crippen molar-refractivity contribution < 1.29 is 17.6 Å². The molecular formula is C14H18FN5O3S. The zero-order valence-corrected chi connectivity index (χ0v) is 14.0. The molecule has 1 aromatic carbocycles. The van der Waals surface area contributed by atoms with E-state index >= 15 is 0 Å². The van der Waals surface area contributed by atoms with Gasteiger partial charge in [0.1, 0.15) is 11.6 Å². The highest BCUT2D eigenvalue weighted by Crippen LogP contribution is 2.13. The maximum atomic E-state index is 13.4. The molecule has 0 spiro atoms. The predicted molar refractivity (Wildman–Crippen MR) is 85.2 cm³/mol. The van der Waals surface area contributed by atoms with E-state index in [0.29, 0.717) is 6.54 Å². The number of hydrogen-bond donors (Lipinski definition) is 1. The number of benzene rings is 1. The first kappa shape index (κ1) is 18.0. The first-order valence-electron chi connectivity index (χ1n) is 7.41. The molecule has 1 heterocycles. The maximum Gasteiger partial charge on any atom is 0.225 e. The Labute approximate surface area is 139 Å². The number of aromatic nitrogens is 4. The summed E-state index contributed by atoms with van der Waals surface area (Å²) < 4.78 is 39.1. The van der Waals surface area contributed by atoms with E-state index in [4.69, 9.17) is 0 Å². The fourth-order valence-corrected chi connectivity index (χ4v) is 3.25. The number of aryl methyl sites for hydroxylation is 1. The third kappa shape index (κ3) is 5.08. The average molecular weight is 355 g/mol. The highest BCUT2D eigenvalue weighted by atomic mass is 32.2. The number of rotatable bonds is 8. The van der Waals surface area contributed by atoms with Crippen LogP contribution >= 0.6 is 0 Å². The van der Waals surface area contributed by atoms with Gasteiger partial charge in [-0.25, -0.2) is 17.5 Å². The largest absolute Gasteiger partial charge is 0.324 e. The van der Waals surface area contributed by atoms with E-state index in [1.165, 1.54) is 22.9 Å². The molecule has 0 saturated heterocycles. The molecule has 1 amide bonds. The molecule has 0 atom stereocenters. The van der Waals surface area contributed by atoms with Gasteiger partial charge in [-0.05, 0) is 29.0 Å². The fraction of sp³-hybridized carbons (Fsp3) is 0.429. The molecule has 0 fully saturated rings. The molecule has 0 aliphatic heterocycles. The van der Waals surface area contributed by atoms with Crippen LogP contribution in [0.3, 0.4) is 0 Å². The van der Waals surface area contributed by atoms with E-state index in [9.17, 15) is 17.6 Å². The van der Waals surface area contributed by atoms with Gasteiger partial charge in [-0.2, -0.15) is 0 Å². The lowest BCUT2D eigenvalue weighted by Gasteiger charge is -2.07. The third-order valence-electron chi connectivity index (χ3n) is 3.18. The Bertz CT molecular complexity index is 806. The number of nitrogens with one attached hydrogen (secondary N) is 1. The van der Waals surface area contributed by atoms with E-state index in [-0.39, 0.29) is 29.4 Å². The number of nitrogens with zero attached hydrogens (tertiary/aromatic N) is 4. The SMILES string of the molecule is CCCn1nnnc1CS(=O)(=O)CCC(=O)Nc1ccccc1F. The second-order valence-electron chi connectivity index (χ2n) is 5.19. The number of halogens is 1. The van der Waals surface area contributed by atoms with Gasteiger partial charge in [0.05, 0.1) is 11.4 Å². The Morgan fingerprint density at radius 2 is 2.08 bits per heavy atom. The number of carbonyl (C=O) groups is 1. The molecule has 2 aromatic rings. The molecule has 130 valence electrons. The van der Waals surface area contributed by atoms with Crippen molar-refractivity contribution >= 4 is 21.4 Å².